The smallest absolute Gasteiger partial charge is 0.161 e. The number of benzene rings is 1. The van der Waals surface area contributed by atoms with Gasteiger partial charge in [0.15, 0.2) is 11.5 Å². The Balaban J connectivity index is 0.00000220. The van der Waals surface area contributed by atoms with Gasteiger partial charge in [0, 0.05) is 13.1 Å². The molecule has 0 radical (unpaired) electrons. The molecule has 1 fully saturated rings. The molecule has 0 saturated carbocycles. The van der Waals surface area contributed by atoms with Crippen molar-refractivity contribution in [1.82, 2.24) is 10.2 Å². The topological polar surface area (TPSA) is 33.7 Å². The van der Waals surface area contributed by atoms with Gasteiger partial charge in [-0.1, -0.05) is 12.1 Å². The summed E-state index contributed by atoms with van der Waals surface area (Å²) in [4.78, 5) is 2.48. The number of nitrogens with one attached hydrogen (secondary N) is 1. The van der Waals surface area contributed by atoms with Gasteiger partial charge in [0.2, 0.25) is 0 Å². The number of hydrogen-bond acceptors (Lipinski definition) is 4. The lowest BCUT2D eigenvalue weighted by molar-refractivity contribution is 0.222. The van der Waals surface area contributed by atoms with E-state index in [0.717, 1.165) is 37.1 Å². The van der Waals surface area contributed by atoms with E-state index in [0.29, 0.717) is 6.61 Å². The second-order valence-corrected chi connectivity index (χ2v) is 5.24. The monoisotopic (exact) mass is 314 g/mol. The highest BCUT2D eigenvalue weighted by molar-refractivity contribution is 5.85. The number of likely N-dealkylation sites (tertiary alicyclic amines) is 1. The highest BCUT2D eigenvalue weighted by atomic mass is 35.5. The van der Waals surface area contributed by atoms with Gasteiger partial charge in [0.25, 0.3) is 0 Å². The molecular formula is C16H27ClN2O2. The number of para-hydroxylation sites is 2. The van der Waals surface area contributed by atoms with Gasteiger partial charge in [-0.05, 0) is 51.5 Å². The first-order chi connectivity index (χ1) is 9.83. The van der Waals surface area contributed by atoms with Gasteiger partial charge in [-0.15, -0.1) is 12.4 Å². The Hall–Kier alpha value is -0.970. The van der Waals surface area contributed by atoms with E-state index in [2.05, 4.69) is 10.2 Å². The van der Waals surface area contributed by atoms with Crippen LogP contribution < -0.4 is 14.8 Å². The fourth-order valence-corrected chi connectivity index (χ4v) is 2.70. The van der Waals surface area contributed by atoms with Crippen LogP contribution in [0.3, 0.4) is 0 Å². The number of hydrogen-bond donors (Lipinski definition) is 1. The molecule has 0 amide bonds. The maximum Gasteiger partial charge on any atom is 0.161 e. The van der Waals surface area contributed by atoms with Crippen molar-refractivity contribution in [3.8, 4) is 11.5 Å². The van der Waals surface area contributed by atoms with Crippen molar-refractivity contribution >= 4 is 12.4 Å². The molecule has 120 valence electrons. The molecule has 1 aromatic carbocycles. The van der Waals surface area contributed by atoms with Crippen molar-refractivity contribution in [1.29, 1.82) is 0 Å². The summed E-state index contributed by atoms with van der Waals surface area (Å²) in [6, 6.07) is 7.88. The summed E-state index contributed by atoms with van der Waals surface area (Å²) in [5.41, 5.74) is 0. The zero-order chi connectivity index (χ0) is 14.2. The highest BCUT2D eigenvalue weighted by Gasteiger charge is 2.21. The van der Waals surface area contributed by atoms with Gasteiger partial charge in [-0.2, -0.15) is 0 Å². The molecule has 2 rings (SSSR count). The Morgan fingerprint density at radius 1 is 1.24 bits per heavy atom. The van der Waals surface area contributed by atoms with Crippen LogP contribution in [0, 0.1) is 5.92 Å². The molecule has 5 heteroatoms. The number of rotatable bonds is 8. The summed E-state index contributed by atoms with van der Waals surface area (Å²) >= 11 is 0. The van der Waals surface area contributed by atoms with E-state index >= 15 is 0 Å². The molecule has 1 saturated heterocycles. The molecule has 1 unspecified atom stereocenters. The Morgan fingerprint density at radius 3 is 2.62 bits per heavy atom. The van der Waals surface area contributed by atoms with E-state index in [1.807, 2.05) is 38.2 Å². The summed E-state index contributed by atoms with van der Waals surface area (Å²) in [5, 5.41) is 3.26. The van der Waals surface area contributed by atoms with E-state index < -0.39 is 0 Å². The lowest BCUT2D eigenvalue weighted by Crippen LogP contribution is -2.28. The minimum absolute atomic E-state index is 0. The van der Waals surface area contributed by atoms with E-state index in [1.165, 1.54) is 19.5 Å². The second kappa shape index (κ2) is 9.87. The summed E-state index contributed by atoms with van der Waals surface area (Å²) in [6.45, 7) is 7.84. The largest absolute Gasteiger partial charge is 0.490 e. The van der Waals surface area contributed by atoms with Crippen LogP contribution in [0.5, 0.6) is 11.5 Å². The van der Waals surface area contributed by atoms with Crippen LogP contribution in [-0.2, 0) is 0 Å². The molecule has 0 aliphatic carbocycles. The summed E-state index contributed by atoms with van der Waals surface area (Å²) in [7, 11) is 2.02. The van der Waals surface area contributed by atoms with E-state index in [4.69, 9.17) is 9.47 Å². The minimum atomic E-state index is 0. The number of nitrogens with zero attached hydrogens (tertiary/aromatic N) is 1. The normalized spacial score (nSPS) is 18.3. The molecule has 21 heavy (non-hydrogen) atoms. The predicted octanol–water partition coefficient (Wildman–Crippen LogP) is 2.43. The number of ether oxygens (including phenoxy) is 2. The van der Waals surface area contributed by atoms with Gasteiger partial charge in [-0.25, -0.2) is 0 Å². The SMILES string of the molecule is CCOc1ccccc1OCCN1CCC(CNC)C1.Cl. The average molecular weight is 315 g/mol. The van der Waals surface area contributed by atoms with Crippen molar-refractivity contribution in [2.45, 2.75) is 13.3 Å². The Labute approximate surface area is 134 Å². The van der Waals surface area contributed by atoms with Crippen LogP contribution in [0.2, 0.25) is 0 Å². The van der Waals surface area contributed by atoms with Crippen molar-refractivity contribution in [2.75, 3.05) is 46.4 Å². The van der Waals surface area contributed by atoms with E-state index in [1.54, 1.807) is 0 Å². The Bertz CT molecular complexity index is 404. The summed E-state index contributed by atoms with van der Waals surface area (Å²) in [5.74, 6) is 2.47. The molecule has 1 aliphatic rings. The second-order valence-electron chi connectivity index (χ2n) is 5.24. The molecule has 0 bridgehead atoms. The van der Waals surface area contributed by atoms with E-state index in [-0.39, 0.29) is 12.4 Å². The quantitative estimate of drug-likeness (QED) is 0.799. The zero-order valence-electron chi connectivity index (χ0n) is 13.0. The minimum Gasteiger partial charge on any atom is -0.490 e. The van der Waals surface area contributed by atoms with Gasteiger partial charge < -0.3 is 14.8 Å². The molecular weight excluding hydrogens is 288 g/mol. The Morgan fingerprint density at radius 2 is 1.95 bits per heavy atom. The van der Waals surface area contributed by atoms with Crippen LogP contribution in [0.1, 0.15) is 13.3 Å². The molecule has 1 aliphatic heterocycles. The molecule has 4 nitrogen and oxygen atoms in total. The summed E-state index contributed by atoms with van der Waals surface area (Å²) < 4.78 is 11.4. The third-order valence-corrected chi connectivity index (χ3v) is 3.68. The molecule has 1 atom stereocenters. The fourth-order valence-electron chi connectivity index (χ4n) is 2.70. The van der Waals surface area contributed by atoms with Crippen LogP contribution in [0.15, 0.2) is 24.3 Å². The van der Waals surface area contributed by atoms with Crippen LogP contribution in [0.25, 0.3) is 0 Å². The first-order valence-electron chi connectivity index (χ1n) is 7.55. The zero-order valence-corrected chi connectivity index (χ0v) is 13.8. The van der Waals surface area contributed by atoms with Gasteiger partial charge in [-0.3, -0.25) is 4.90 Å². The third-order valence-electron chi connectivity index (χ3n) is 3.68. The maximum atomic E-state index is 5.86. The predicted molar refractivity (Wildman–Crippen MR) is 88.8 cm³/mol. The van der Waals surface area contributed by atoms with Crippen LogP contribution >= 0.6 is 12.4 Å². The molecule has 0 spiro atoms. The molecule has 1 aromatic rings. The number of halogens is 1. The van der Waals surface area contributed by atoms with E-state index in [9.17, 15) is 0 Å². The van der Waals surface area contributed by atoms with Gasteiger partial charge in [0.1, 0.15) is 6.61 Å². The first kappa shape index (κ1) is 18.1. The lowest BCUT2D eigenvalue weighted by Gasteiger charge is -2.17. The molecule has 0 aromatic heterocycles. The summed E-state index contributed by atoms with van der Waals surface area (Å²) in [6.07, 6.45) is 1.29. The molecule has 1 N–H and O–H groups in total. The van der Waals surface area contributed by atoms with Gasteiger partial charge >= 0.3 is 0 Å². The average Bonchev–Trinajstić information content (AvgIpc) is 2.89. The van der Waals surface area contributed by atoms with Crippen LogP contribution in [0.4, 0.5) is 0 Å². The standard InChI is InChI=1S/C16H26N2O2.ClH/c1-3-19-15-6-4-5-7-16(15)20-11-10-18-9-8-14(13-18)12-17-2;/h4-7,14,17H,3,8-13H2,1-2H3;1H. The fraction of sp³-hybridized carbons (Fsp3) is 0.625. The van der Waals surface area contributed by atoms with Crippen LogP contribution in [-0.4, -0.2) is 51.3 Å². The van der Waals surface area contributed by atoms with Crippen molar-refractivity contribution in [2.24, 2.45) is 5.92 Å². The Kier molecular flexibility index (Phi) is 8.50. The lowest BCUT2D eigenvalue weighted by atomic mass is 10.1. The third kappa shape index (κ3) is 5.73. The first-order valence-corrected chi connectivity index (χ1v) is 7.55. The highest BCUT2D eigenvalue weighted by Crippen LogP contribution is 2.26. The van der Waals surface area contributed by atoms with Gasteiger partial charge in [0.05, 0.1) is 6.61 Å². The molecule has 1 heterocycles. The maximum absolute atomic E-state index is 5.86. The van der Waals surface area contributed by atoms with Crippen molar-refractivity contribution in [3.05, 3.63) is 24.3 Å². The van der Waals surface area contributed by atoms with Crippen molar-refractivity contribution in [3.63, 3.8) is 0 Å². The van der Waals surface area contributed by atoms with Crippen molar-refractivity contribution < 1.29 is 9.47 Å².